The fraction of sp³-hybridized carbons (Fsp3) is 0.444. The Kier molecular flexibility index (Phi) is 5.77. The fourth-order valence-corrected chi connectivity index (χ4v) is 3.01. The molecule has 132 valence electrons. The molecule has 2 aliphatic carbocycles. The number of hydrazone groups is 1. The Hall–Kier alpha value is -2.70. The van der Waals surface area contributed by atoms with Crippen LogP contribution in [-0.4, -0.2) is 33.4 Å². The predicted octanol–water partition coefficient (Wildman–Crippen LogP) is 2.66. The van der Waals surface area contributed by atoms with Crippen molar-refractivity contribution in [1.82, 2.24) is 26.0 Å². The number of H-pyrrole nitrogens is 1. The third kappa shape index (κ3) is 5.14. The van der Waals surface area contributed by atoms with E-state index >= 15 is 0 Å². The van der Waals surface area contributed by atoms with Crippen molar-refractivity contribution in [2.45, 2.75) is 26.7 Å². The molecule has 0 aromatic carbocycles. The van der Waals surface area contributed by atoms with E-state index in [4.69, 9.17) is 4.74 Å². The lowest BCUT2D eigenvalue weighted by atomic mass is 10.1. The molecule has 0 bridgehead atoms. The van der Waals surface area contributed by atoms with Crippen molar-refractivity contribution in [1.29, 1.82) is 0 Å². The summed E-state index contributed by atoms with van der Waals surface area (Å²) in [5.74, 6) is 3.64. The minimum Gasteiger partial charge on any atom is -0.497 e. The van der Waals surface area contributed by atoms with Crippen LogP contribution in [0.2, 0.25) is 0 Å². The smallest absolute Gasteiger partial charge is 0.171 e. The predicted molar refractivity (Wildman–Crippen MR) is 96.3 cm³/mol. The average Bonchev–Trinajstić information content (AvgIpc) is 3.10. The summed E-state index contributed by atoms with van der Waals surface area (Å²) in [4.78, 5) is 0. The Bertz CT molecular complexity index is 701. The van der Waals surface area contributed by atoms with Gasteiger partial charge in [-0.2, -0.15) is 10.3 Å². The van der Waals surface area contributed by atoms with E-state index in [0.717, 1.165) is 25.2 Å². The first-order valence-electron chi connectivity index (χ1n) is 8.53. The van der Waals surface area contributed by atoms with E-state index in [9.17, 15) is 0 Å². The Morgan fingerprint density at radius 2 is 2.16 bits per heavy atom. The molecule has 2 heterocycles. The molecule has 0 spiro atoms. The number of nitrogens with zero attached hydrogens (tertiary/aromatic N) is 4. The molecule has 1 aliphatic heterocycles. The molecule has 3 aliphatic rings. The zero-order valence-electron chi connectivity index (χ0n) is 14.6. The van der Waals surface area contributed by atoms with E-state index in [2.05, 4.69) is 56.3 Å². The summed E-state index contributed by atoms with van der Waals surface area (Å²) in [6, 6.07) is 0. The van der Waals surface area contributed by atoms with Crippen molar-refractivity contribution in [3.63, 3.8) is 0 Å². The summed E-state index contributed by atoms with van der Waals surface area (Å²) >= 11 is 0. The van der Waals surface area contributed by atoms with Crippen LogP contribution in [0.25, 0.3) is 0 Å². The standard InChI is InChI=1S/C16H20N2O.C2H4N4/c1-12-8-14-15(10-18-17-9-12)16(14)11-19-13-6-4-2-3-5-7-13;1-2-3-5-6-4-2/h2-6,9-10,14-17H,7-8,11H2,1H3;1H3,(H,3,4,5,6)/b12-9+,18-10+;. The van der Waals surface area contributed by atoms with Gasteiger partial charge in [-0.25, -0.2) is 0 Å². The second-order valence-electron chi connectivity index (χ2n) is 6.43. The van der Waals surface area contributed by atoms with Crippen LogP contribution in [0.1, 0.15) is 25.6 Å². The lowest BCUT2D eigenvalue weighted by Gasteiger charge is -2.07. The van der Waals surface area contributed by atoms with E-state index in [1.807, 2.05) is 24.6 Å². The molecule has 0 saturated heterocycles. The Balaban J connectivity index is 0.000000258. The first kappa shape index (κ1) is 17.1. The number of ether oxygens (including phenoxy) is 1. The van der Waals surface area contributed by atoms with Crippen molar-refractivity contribution in [3.8, 4) is 0 Å². The first-order valence-corrected chi connectivity index (χ1v) is 8.53. The summed E-state index contributed by atoms with van der Waals surface area (Å²) in [6.07, 6.45) is 16.4. The van der Waals surface area contributed by atoms with Crippen molar-refractivity contribution in [2.75, 3.05) is 6.61 Å². The molecule has 1 saturated carbocycles. The number of tetrazole rings is 1. The number of fused-ring (bicyclic) bond motifs is 1. The number of allylic oxidation sites excluding steroid dienone is 6. The normalized spacial score (nSPS) is 29.9. The Morgan fingerprint density at radius 3 is 2.92 bits per heavy atom. The summed E-state index contributed by atoms with van der Waals surface area (Å²) in [5, 5.41) is 16.9. The third-order valence-electron chi connectivity index (χ3n) is 4.46. The van der Waals surface area contributed by atoms with Crippen molar-refractivity contribution in [2.24, 2.45) is 22.9 Å². The molecule has 4 rings (SSSR count). The fourth-order valence-electron chi connectivity index (χ4n) is 3.01. The highest BCUT2D eigenvalue weighted by atomic mass is 16.5. The molecule has 1 fully saturated rings. The Labute approximate surface area is 147 Å². The number of aromatic amines is 1. The van der Waals surface area contributed by atoms with Gasteiger partial charge in [0.25, 0.3) is 0 Å². The van der Waals surface area contributed by atoms with Crippen molar-refractivity contribution >= 4 is 6.21 Å². The summed E-state index contributed by atoms with van der Waals surface area (Å²) in [7, 11) is 0. The zero-order chi connectivity index (χ0) is 17.5. The van der Waals surface area contributed by atoms with Gasteiger partial charge < -0.3 is 4.74 Å². The van der Waals surface area contributed by atoms with E-state index in [0.29, 0.717) is 23.6 Å². The molecule has 3 unspecified atom stereocenters. The number of aromatic nitrogens is 4. The van der Waals surface area contributed by atoms with Crippen LogP contribution >= 0.6 is 0 Å². The van der Waals surface area contributed by atoms with Gasteiger partial charge in [0.2, 0.25) is 0 Å². The third-order valence-corrected chi connectivity index (χ3v) is 4.46. The van der Waals surface area contributed by atoms with Gasteiger partial charge in [-0.05, 0) is 32.3 Å². The van der Waals surface area contributed by atoms with Crippen LogP contribution in [-0.2, 0) is 4.74 Å². The summed E-state index contributed by atoms with van der Waals surface area (Å²) < 4.78 is 5.95. The molecule has 2 N–H and O–H groups in total. The molecular weight excluding hydrogens is 316 g/mol. The van der Waals surface area contributed by atoms with Crippen molar-refractivity contribution in [3.05, 3.63) is 53.7 Å². The van der Waals surface area contributed by atoms with Crippen LogP contribution in [0.5, 0.6) is 0 Å². The van der Waals surface area contributed by atoms with E-state index in [1.54, 1.807) is 6.92 Å². The van der Waals surface area contributed by atoms with Crippen LogP contribution in [0, 0.1) is 24.7 Å². The summed E-state index contributed by atoms with van der Waals surface area (Å²) in [5.41, 5.74) is 4.33. The minimum atomic E-state index is 0.577. The minimum absolute atomic E-state index is 0.577. The summed E-state index contributed by atoms with van der Waals surface area (Å²) in [6.45, 7) is 4.73. The van der Waals surface area contributed by atoms with Gasteiger partial charge in [0.15, 0.2) is 5.82 Å². The highest BCUT2D eigenvalue weighted by Crippen LogP contribution is 2.49. The molecular formula is C18H24N6O. The van der Waals surface area contributed by atoms with E-state index in [-0.39, 0.29) is 0 Å². The number of nitrogens with one attached hydrogen (secondary N) is 2. The van der Waals surface area contributed by atoms with Gasteiger partial charge >= 0.3 is 0 Å². The molecule has 3 atom stereocenters. The quantitative estimate of drug-likeness (QED) is 0.883. The average molecular weight is 340 g/mol. The van der Waals surface area contributed by atoms with Gasteiger partial charge in [-0.3, -0.25) is 5.43 Å². The maximum absolute atomic E-state index is 5.95. The number of hydrogen-bond acceptors (Lipinski definition) is 6. The molecule has 1 aromatic heterocycles. The van der Waals surface area contributed by atoms with Gasteiger partial charge in [0.1, 0.15) is 0 Å². The zero-order valence-corrected chi connectivity index (χ0v) is 14.6. The lowest BCUT2D eigenvalue weighted by molar-refractivity contribution is 0.188. The van der Waals surface area contributed by atoms with Crippen LogP contribution in [0.4, 0.5) is 0 Å². The van der Waals surface area contributed by atoms with Gasteiger partial charge in [-0.1, -0.05) is 35.1 Å². The topological polar surface area (TPSA) is 88.1 Å². The number of aryl methyl sites for hydroxylation is 1. The second kappa shape index (κ2) is 8.41. The van der Waals surface area contributed by atoms with E-state index < -0.39 is 0 Å². The van der Waals surface area contributed by atoms with E-state index in [1.165, 1.54) is 5.57 Å². The maximum Gasteiger partial charge on any atom is 0.171 e. The van der Waals surface area contributed by atoms with Gasteiger partial charge in [0, 0.05) is 30.7 Å². The van der Waals surface area contributed by atoms with Crippen LogP contribution in [0.3, 0.4) is 0 Å². The maximum atomic E-state index is 5.95. The van der Waals surface area contributed by atoms with Gasteiger partial charge in [0.05, 0.1) is 12.4 Å². The van der Waals surface area contributed by atoms with Gasteiger partial charge in [-0.15, -0.1) is 10.2 Å². The van der Waals surface area contributed by atoms with Crippen molar-refractivity contribution < 1.29 is 4.74 Å². The molecule has 0 radical (unpaired) electrons. The second-order valence-corrected chi connectivity index (χ2v) is 6.43. The molecule has 7 nitrogen and oxygen atoms in total. The van der Waals surface area contributed by atoms with Crippen LogP contribution < -0.4 is 5.43 Å². The largest absolute Gasteiger partial charge is 0.497 e. The SMILES string of the molecule is C/C1=C\N/N=C/C2C(COC3=CC=CC=CC3)C2C1.Cc1nn[nH]n1. The first-order chi connectivity index (χ1) is 12.2. The Morgan fingerprint density at radius 1 is 1.24 bits per heavy atom. The molecule has 25 heavy (non-hydrogen) atoms. The molecule has 7 heteroatoms. The van der Waals surface area contributed by atoms with Crippen LogP contribution in [0.15, 0.2) is 53.0 Å². The number of rotatable bonds is 3. The number of hydrogen-bond donors (Lipinski definition) is 2. The molecule has 1 aromatic rings. The monoisotopic (exact) mass is 340 g/mol. The molecule has 0 amide bonds. The highest BCUT2D eigenvalue weighted by molar-refractivity contribution is 5.66. The lowest BCUT2D eigenvalue weighted by Crippen LogP contribution is -2.01. The highest BCUT2D eigenvalue weighted by Gasteiger charge is 2.49.